The molecule has 1 aliphatic rings. The van der Waals surface area contributed by atoms with Gasteiger partial charge in [0.1, 0.15) is 0 Å². The van der Waals surface area contributed by atoms with Crippen molar-refractivity contribution >= 4 is 43.2 Å². The summed E-state index contributed by atoms with van der Waals surface area (Å²) in [6.07, 6.45) is -0.340. The van der Waals surface area contributed by atoms with E-state index in [1.54, 1.807) is 0 Å². The average Bonchev–Trinajstić information content (AvgIpc) is 3.31. The molecule has 1 amide bonds. The second-order valence-electron chi connectivity index (χ2n) is 8.66. The molecule has 1 fully saturated rings. The maximum atomic E-state index is 13.0. The number of hydrogen-bond donors (Lipinski definition) is 1. The summed E-state index contributed by atoms with van der Waals surface area (Å²) in [4.78, 5) is 17.5. The number of nitrogens with zero attached hydrogens (tertiary/aromatic N) is 2. The first-order valence-electron chi connectivity index (χ1n) is 11.3. The Morgan fingerprint density at radius 1 is 1.00 bits per heavy atom. The van der Waals surface area contributed by atoms with Crippen LogP contribution in [0.2, 0.25) is 0 Å². The normalized spacial score (nSPS) is 19.0. The van der Waals surface area contributed by atoms with E-state index in [0.717, 1.165) is 22.0 Å². The van der Waals surface area contributed by atoms with Crippen LogP contribution in [0, 0.1) is 0 Å². The van der Waals surface area contributed by atoms with E-state index >= 15 is 0 Å². The number of sulfonamides is 1. The minimum Gasteiger partial charge on any atom is -0.373 e. The molecule has 7 nitrogen and oxygen atoms in total. The highest BCUT2D eigenvalue weighted by Crippen LogP contribution is 2.28. The zero-order chi connectivity index (χ0) is 24.6. The van der Waals surface area contributed by atoms with Gasteiger partial charge in [0.2, 0.25) is 10.0 Å². The number of nitrogens with one attached hydrogen (secondary N) is 1. The van der Waals surface area contributed by atoms with Gasteiger partial charge in [0.25, 0.3) is 5.91 Å². The number of benzene rings is 3. The second-order valence-corrected chi connectivity index (χ2v) is 11.5. The molecule has 5 rings (SSSR count). The molecule has 0 saturated carbocycles. The smallest absolute Gasteiger partial charge is 0.257 e. The molecule has 1 aliphatic heterocycles. The first-order chi connectivity index (χ1) is 16.8. The van der Waals surface area contributed by atoms with Crippen LogP contribution < -0.4 is 5.32 Å². The fourth-order valence-corrected chi connectivity index (χ4v) is 6.54. The van der Waals surface area contributed by atoms with Gasteiger partial charge >= 0.3 is 0 Å². The first-order valence-corrected chi connectivity index (χ1v) is 13.6. The van der Waals surface area contributed by atoms with Gasteiger partial charge in [-0.15, -0.1) is 11.3 Å². The molecular formula is C26H25N3O4S2. The van der Waals surface area contributed by atoms with Crippen LogP contribution in [0.1, 0.15) is 24.2 Å². The average molecular weight is 508 g/mol. The number of rotatable bonds is 5. The Labute approximate surface area is 208 Å². The summed E-state index contributed by atoms with van der Waals surface area (Å²) in [5, 5.41) is 7.47. The van der Waals surface area contributed by atoms with Gasteiger partial charge in [0, 0.05) is 29.6 Å². The standard InChI is InChI=1S/C26H25N3O4S2/c1-17-14-29(15-18(2)33-17)35(31,32)23-11-9-20(10-12-23)25(30)28-26-27-24(16-34-26)22-8-7-19-5-3-4-6-21(19)13-22/h3-13,16-18H,14-15H2,1-2H3,(H,27,28,30). The Morgan fingerprint density at radius 3 is 2.40 bits per heavy atom. The third kappa shape index (κ3) is 4.99. The molecular weight excluding hydrogens is 482 g/mol. The van der Waals surface area contributed by atoms with Gasteiger partial charge in [-0.05, 0) is 55.0 Å². The molecule has 1 saturated heterocycles. The van der Waals surface area contributed by atoms with Gasteiger partial charge in [0.05, 0.1) is 22.8 Å². The van der Waals surface area contributed by atoms with Crippen LogP contribution in [0.15, 0.2) is 77.0 Å². The monoisotopic (exact) mass is 507 g/mol. The van der Waals surface area contributed by atoms with Crippen molar-refractivity contribution in [3.8, 4) is 11.3 Å². The summed E-state index contributed by atoms with van der Waals surface area (Å²) in [5.74, 6) is -0.345. The van der Waals surface area contributed by atoms with Crippen LogP contribution in [0.3, 0.4) is 0 Å². The summed E-state index contributed by atoms with van der Waals surface area (Å²) in [6, 6.07) is 20.2. The van der Waals surface area contributed by atoms with Gasteiger partial charge in [-0.3, -0.25) is 10.1 Å². The van der Waals surface area contributed by atoms with Crippen molar-refractivity contribution in [3.05, 3.63) is 77.7 Å². The number of aromatic nitrogens is 1. The van der Waals surface area contributed by atoms with Crippen LogP contribution in [0.5, 0.6) is 0 Å². The Balaban J connectivity index is 1.29. The van der Waals surface area contributed by atoms with E-state index in [1.165, 1.54) is 39.9 Å². The van der Waals surface area contributed by atoms with Crippen LogP contribution in [-0.2, 0) is 14.8 Å². The second kappa shape index (κ2) is 9.50. The summed E-state index contributed by atoms with van der Waals surface area (Å²) in [6.45, 7) is 4.32. The van der Waals surface area contributed by atoms with Gasteiger partial charge in [-0.1, -0.05) is 36.4 Å². The molecule has 4 aromatic rings. The number of amides is 1. The van der Waals surface area contributed by atoms with Crippen molar-refractivity contribution < 1.29 is 17.9 Å². The summed E-state index contributed by atoms with van der Waals surface area (Å²) in [7, 11) is -3.66. The Kier molecular flexibility index (Phi) is 6.41. The lowest BCUT2D eigenvalue weighted by Crippen LogP contribution is -2.48. The predicted octanol–water partition coefficient (Wildman–Crippen LogP) is 5.01. The zero-order valence-electron chi connectivity index (χ0n) is 19.3. The van der Waals surface area contributed by atoms with Crippen LogP contribution in [-0.4, -0.2) is 48.9 Å². The quantitative estimate of drug-likeness (QED) is 0.410. The Bertz CT molecular complexity index is 1470. The van der Waals surface area contributed by atoms with E-state index < -0.39 is 10.0 Å². The molecule has 2 heterocycles. The molecule has 9 heteroatoms. The summed E-state index contributed by atoms with van der Waals surface area (Å²) in [5.41, 5.74) is 2.11. The SMILES string of the molecule is CC1CN(S(=O)(=O)c2ccc(C(=O)Nc3nc(-c4ccc5ccccc5c4)cs3)cc2)CC(C)O1. The van der Waals surface area contributed by atoms with Crippen LogP contribution in [0.4, 0.5) is 5.13 Å². The molecule has 1 aromatic heterocycles. The number of anilines is 1. The number of morpholine rings is 1. The fourth-order valence-electron chi connectivity index (χ4n) is 4.24. The van der Waals surface area contributed by atoms with Gasteiger partial charge in [-0.25, -0.2) is 13.4 Å². The van der Waals surface area contributed by atoms with E-state index in [1.807, 2.05) is 37.4 Å². The molecule has 2 unspecified atom stereocenters. The van der Waals surface area contributed by atoms with E-state index in [2.05, 4.69) is 34.6 Å². The molecule has 2 atom stereocenters. The topological polar surface area (TPSA) is 88.6 Å². The molecule has 3 aromatic carbocycles. The highest BCUT2D eigenvalue weighted by molar-refractivity contribution is 7.89. The highest BCUT2D eigenvalue weighted by Gasteiger charge is 2.32. The van der Waals surface area contributed by atoms with Crippen molar-refractivity contribution in [1.29, 1.82) is 0 Å². The third-order valence-corrected chi connectivity index (χ3v) is 8.51. The number of ether oxygens (including phenoxy) is 1. The highest BCUT2D eigenvalue weighted by atomic mass is 32.2. The van der Waals surface area contributed by atoms with Crippen LogP contribution >= 0.6 is 11.3 Å². The van der Waals surface area contributed by atoms with Crippen molar-refractivity contribution in [2.75, 3.05) is 18.4 Å². The van der Waals surface area contributed by atoms with Gasteiger partial charge in [0.15, 0.2) is 5.13 Å². The molecule has 1 N–H and O–H groups in total. The zero-order valence-corrected chi connectivity index (χ0v) is 21.0. The van der Waals surface area contributed by atoms with Gasteiger partial charge in [-0.2, -0.15) is 4.31 Å². The van der Waals surface area contributed by atoms with Gasteiger partial charge < -0.3 is 4.74 Å². The number of thiazole rings is 1. The Morgan fingerprint density at radius 2 is 1.69 bits per heavy atom. The minimum atomic E-state index is -3.66. The van der Waals surface area contributed by atoms with E-state index in [9.17, 15) is 13.2 Å². The van der Waals surface area contributed by atoms with E-state index in [4.69, 9.17) is 4.74 Å². The predicted molar refractivity (Wildman–Crippen MR) is 138 cm³/mol. The molecule has 0 spiro atoms. The molecule has 180 valence electrons. The largest absolute Gasteiger partial charge is 0.373 e. The fraction of sp³-hybridized carbons (Fsp3) is 0.231. The molecule has 35 heavy (non-hydrogen) atoms. The molecule has 0 radical (unpaired) electrons. The van der Waals surface area contributed by atoms with E-state index in [0.29, 0.717) is 23.8 Å². The van der Waals surface area contributed by atoms with Crippen molar-refractivity contribution in [2.24, 2.45) is 0 Å². The minimum absolute atomic E-state index is 0.156. The third-order valence-electron chi connectivity index (χ3n) is 5.91. The number of carbonyl (C=O) groups excluding carboxylic acids is 1. The van der Waals surface area contributed by atoms with Crippen molar-refractivity contribution in [3.63, 3.8) is 0 Å². The lowest BCUT2D eigenvalue weighted by molar-refractivity contribution is -0.0440. The Hall–Kier alpha value is -3.11. The number of fused-ring (bicyclic) bond motifs is 1. The number of hydrogen-bond acceptors (Lipinski definition) is 6. The maximum Gasteiger partial charge on any atom is 0.257 e. The van der Waals surface area contributed by atoms with Crippen molar-refractivity contribution in [2.45, 2.75) is 31.0 Å². The number of carbonyl (C=O) groups is 1. The lowest BCUT2D eigenvalue weighted by atomic mass is 10.1. The summed E-state index contributed by atoms with van der Waals surface area (Å²) < 4.78 is 33.1. The lowest BCUT2D eigenvalue weighted by Gasteiger charge is -2.34. The van der Waals surface area contributed by atoms with Crippen molar-refractivity contribution in [1.82, 2.24) is 9.29 Å². The molecule has 0 aliphatic carbocycles. The summed E-state index contributed by atoms with van der Waals surface area (Å²) >= 11 is 1.34. The van der Waals surface area contributed by atoms with E-state index in [-0.39, 0.29) is 23.0 Å². The molecule has 0 bridgehead atoms. The first kappa shape index (κ1) is 23.6. The van der Waals surface area contributed by atoms with Crippen LogP contribution in [0.25, 0.3) is 22.0 Å². The maximum absolute atomic E-state index is 13.0.